The fourth-order valence-corrected chi connectivity index (χ4v) is 3.95. The maximum atomic E-state index is 12.0. The molecule has 0 bridgehead atoms. The van der Waals surface area contributed by atoms with Gasteiger partial charge in [0.1, 0.15) is 5.52 Å². The molecule has 3 rings (SSSR count). The van der Waals surface area contributed by atoms with E-state index in [4.69, 9.17) is 34.8 Å². The summed E-state index contributed by atoms with van der Waals surface area (Å²) in [5.74, 6) is -0.466. The molecule has 0 radical (unpaired) electrons. The third kappa shape index (κ3) is 3.63. The summed E-state index contributed by atoms with van der Waals surface area (Å²) >= 11 is 22.0. The third-order valence-corrected chi connectivity index (χ3v) is 5.44. The van der Waals surface area contributed by atoms with E-state index in [1.165, 1.54) is 0 Å². The zero-order chi connectivity index (χ0) is 17.5. The number of pyridine rings is 1. The lowest BCUT2D eigenvalue weighted by atomic mass is 10.2. The van der Waals surface area contributed by atoms with Crippen LogP contribution in [0.4, 0.5) is 5.82 Å². The molecule has 0 atom stereocenters. The molecule has 2 aromatic heterocycles. The Labute approximate surface area is 165 Å². The average molecular weight is 468 g/mol. The van der Waals surface area contributed by atoms with Crippen LogP contribution in [0.15, 0.2) is 22.7 Å². The molecule has 1 N–H and O–H groups in total. The summed E-state index contributed by atoms with van der Waals surface area (Å²) < 4.78 is -0.225. The van der Waals surface area contributed by atoms with Gasteiger partial charge in [-0.25, -0.2) is 9.97 Å². The molecule has 4 nitrogen and oxygen atoms in total. The average Bonchev–Trinajstić information content (AvgIpc) is 2.90. The number of aryl methyl sites for hydroxylation is 1. The van der Waals surface area contributed by atoms with E-state index in [2.05, 4.69) is 38.1 Å². The molecule has 0 aliphatic carbocycles. The van der Waals surface area contributed by atoms with Crippen molar-refractivity contribution in [2.75, 3.05) is 5.32 Å². The van der Waals surface area contributed by atoms with Crippen molar-refractivity contribution >= 4 is 94.9 Å². The molecule has 0 aliphatic rings. The number of thiazole rings is 1. The second-order valence-electron chi connectivity index (χ2n) is 5.11. The summed E-state index contributed by atoms with van der Waals surface area (Å²) in [4.78, 5) is 21.1. The largest absolute Gasteiger partial charge is 0.305 e. The zero-order valence-corrected chi connectivity index (χ0v) is 17.0. The number of alkyl halides is 3. The molecule has 126 valence electrons. The fraction of sp³-hybridized carbons (Fsp3) is 0.267. The highest BCUT2D eigenvalue weighted by molar-refractivity contribution is 9.10. The Morgan fingerprint density at radius 3 is 2.75 bits per heavy atom. The number of halogens is 4. The number of benzene rings is 1. The molecular weight excluding hydrogens is 457 g/mol. The summed E-state index contributed by atoms with van der Waals surface area (Å²) in [5, 5.41) is 4.53. The van der Waals surface area contributed by atoms with Gasteiger partial charge >= 0.3 is 0 Å². The van der Waals surface area contributed by atoms with Crippen LogP contribution < -0.4 is 5.32 Å². The first-order chi connectivity index (χ1) is 11.3. The van der Waals surface area contributed by atoms with E-state index in [1.807, 2.05) is 18.2 Å². The molecule has 2 heterocycles. The number of carbonyl (C=O) groups is 1. The Hall–Kier alpha value is -0.660. The highest BCUT2D eigenvalue weighted by atomic mass is 79.9. The molecule has 0 saturated heterocycles. The molecule has 0 fully saturated rings. The number of hydrogen-bond acceptors (Lipinski definition) is 4. The SMILES string of the molecule is CCCc1nc2c(NC(=O)C(Cl)(Cl)Cl)nc3cc(Br)ccc3c2s1. The van der Waals surface area contributed by atoms with Crippen LogP contribution in [0.25, 0.3) is 21.1 Å². The maximum Gasteiger partial charge on any atom is 0.277 e. The Balaban J connectivity index is 2.22. The van der Waals surface area contributed by atoms with Gasteiger partial charge in [0.05, 0.1) is 15.2 Å². The van der Waals surface area contributed by atoms with Gasteiger partial charge in [0.2, 0.25) is 0 Å². The molecule has 3 aromatic rings. The van der Waals surface area contributed by atoms with Gasteiger partial charge in [-0.3, -0.25) is 4.79 Å². The number of aromatic nitrogens is 2. The van der Waals surface area contributed by atoms with E-state index in [0.717, 1.165) is 37.9 Å². The van der Waals surface area contributed by atoms with E-state index in [-0.39, 0.29) is 0 Å². The van der Waals surface area contributed by atoms with Gasteiger partial charge in [-0.1, -0.05) is 63.7 Å². The molecule has 0 unspecified atom stereocenters. The Bertz CT molecular complexity index is 939. The number of amides is 1. The molecule has 24 heavy (non-hydrogen) atoms. The van der Waals surface area contributed by atoms with Crippen molar-refractivity contribution in [3.63, 3.8) is 0 Å². The van der Waals surface area contributed by atoms with Crippen LogP contribution in [0.3, 0.4) is 0 Å². The van der Waals surface area contributed by atoms with E-state index >= 15 is 0 Å². The van der Waals surface area contributed by atoms with Crippen LogP contribution >= 0.6 is 62.1 Å². The second-order valence-corrected chi connectivity index (χ2v) is 9.39. The quantitative estimate of drug-likeness (QED) is 0.490. The number of nitrogens with zero attached hydrogens (tertiary/aromatic N) is 2. The summed E-state index contributed by atoms with van der Waals surface area (Å²) in [6, 6.07) is 5.80. The van der Waals surface area contributed by atoms with Crippen molar-refractivity contribution in [2.24, 2.45) is 0 Å². The van der Waals surface area contributed by atoms with Gasteiger partial charge in [0.15, 0.2) is 5.82 Å². The van der Waals surface area contributed by atoms with E-state index < -0.39 is 9.70 Å². The van der Waals surface area contributed by atoms with Crippen LogP contribution in [0.5, 0.6) is 0 Å². The van der Waals surface area contributed by atoms with Crippen molar-refractivity contribution in [2.45, 2.75) is 23.6 Å². The normalized spacial score (nSPS) is 12.0. The molecule has 0 saturated carbocycles. The summed E-state index contributed by atoms with van der Waals surface area (Å²) in [6.07, 6.45) is 1.84. The lowest BCUT2D eigenvalue weighted by Crippen LogP contribution is -2.27. The molecule has 0 aliphatic heterocycles. The number of carbonyl (C=O) groups excluding carboxylic acids is 1. The Kier molecular flexibility index (Phi) is 5.23. The monoisotopic (exact) mass is 465 g/mol. The van der Waals surface area contributed by atoms with Gasteiger partial charge < -0.3 is 5.32 Å². The van der Waals surface area contributed by atoms with Gasteiger partial charge in [-0.2, -0.15) is 0 Å². The lowest BCUT2D eigenvalue weighted by molar-refractivity contribution is -0.115. The third-order valence-electron chi connectivity index (χ3n) is 3.29. The Morgan fingerprint density at radius 2 is 2.08 bits per heavy atom. The smallest absolute Gasteiger partial charge is 0.277 e. The van der Waals surface area contributed by atoms with Crippen molar-refractivity contribution in [1.82, 2.24) is 9.97 Å². The van der Waals surface area contributed by atoms with Gasteiger partial charge in [-0.15, -0.1) is 11.3 Å². The standard InChI is InChI=1S/C15H11BrCl3N3OS/c1-2-3-10-21-11-12(24-10)8-5-4-7(16)6-9(8)20-13(11)22-14(23)15(17,18)19/h4-6H,2-3H2,1H3,(H,20,22,23). The first-order valence-electron chi connectivity index (χ1n) is 7.06. The summed E-state index contributed by atoms with van der Waals surface area (Å²) in [5.41, 5.74) is 1.34. The fourth-order valence-electron chi connectivity index (χ4n) is 2.26. The van der Waals surface area contributed by atoms with Gasteiger partial charge in [0.25, 0.3) is 9.70 Å². The number of rotatable bonds is 3. The first kappa shape index (κ1) is 18.1. The topological polar surface area (TPSA) is 54.9 Å². The van der Waals surface area contributed by atoms with Crippen LogP contribution in [-0.4, -0.2) is 19.7 Å². The van der Waals surface area contributed by atoms with Crippen LogP contribution in [0, 0.1) is 0 Å². The van der Waals surface area contributed by atoms with Crippen molar-refractivity contribution in [1.29, 1.82) is 0 Å². The molecular formula is C15H11BrCl3N3OS. The lowest BCUT2D eigenvalue weighted by Gasteiger charge is -2.12. The molecule has 1 aromatic carbocycles. The zero-order valence-electron chi connectivity index (χ0n) is 12.4. The first-order valence-corrected chi connectivity index (χ1v) is 9.80. The van der Waals surface area contributed by atoms with Crippen LogP contribution in [0.2, 0.25) is 0 Å². The second kappa shape index (κ2) is 6.92. The van der Waals surface area contributed by atoms with Gasteiger partial charge in [0, 0.05) is 9.86 Å². The number of hydrogen-bond donors (Lipinski definition) is 1. The number of fused-ring (bicyclic) bond motifs is 3. The molecule has 1 amide bonds. The van der Waals surface area contributed by atoms with E-state index in [1.54, 1.807) is 11.3 Å². The number of nitrogens with one attached hydrogen (secondary N) is 1. The minimum absolute atomic E-state index is 0.297. The molecule has 9 heteroatoms. The van der Waals surface area contributed by atoms with E-state index in [0.29, 0.717) is 11.3 Å². The van der Waals surface area contributed by atoms with Crippen molar-refractivity contribution < 1.29 is 4.79 Å². The minimum atomic E-state index is -2.07. The summed E-state index contributed by atoms with van der Waals surface area (Å²) in [6.45, 7) is 2.09. The van der Waals surface area contributed by atoms with E-state index in [9.17, 15) is 4.79 Å². The van der Waals surface area contributed by atoms with Crippen molar-refractivity contribution in [3.05, 3.63) is 27.7 Å². The predicted molar refractivity (Wildman–Crippen MR) is 106 cm³/mol. The van der Waals surface area contributed by atoms with Crippen LogP contribution in [0.1, 0.15) is 18.4 Å². The van der Waals surface area contributed by atoms with Gasteiger partial charge in [-0.05, 0) is 25.0 Å². The highest BCUT2D eigenvalue weighted by Crippen LogP contribution is 2.36. The van der Waals surface area contributed by atoms with Crippen LogP contribution in [-0.2, 0) is 11.2 Å². The van der Waals surface area contributed by atoms with Crippen molar-refractivity contribution in [3.8, 4) is 0 Å². The maximum absolute atomic E-state index is 12.0. The minimum Gasteiger partial charge on any atom is -0.305 e. The predicted octanol–water partition coefficient (Wildman–Crippen LogP) is 5.87. The molecule has 0 spiro atoms. The number of anilines is 1. The highest BCUT2D eigenvalue weighted by Gasteiger charge is 2.31. The summed E-state index contributed by atoms with van der Waals surface area (Å²) in [7, 11) is 0. The Morgan fingerprint density at radius 1 is 1.33 bits per heavy atom.